The predicted octanol–water partition coefficient (Wildman–Crippen LogP) is 9.07. The molecule has 0 unspecified atom stereocenters. The maximum absolute atomic E-state index is 11.9. The van der Waals surface area contributed by atoms with Gasteiger partial charge in [0.2, 0.25) is 5.51 Å². The van der Waals surface area contributed by atoms with Crippen LogP contribution in [0.15, 0.2) is 29.2 Å². The number of amides is 1. The molecule has 1 aromatic rings. The monoisotopic (exact) mass is 579 g/mol. The summed E-state index contributed by atoms with van der Waals surface area (Å²) < 4.78 is 12.6. The molecular weight excluding hydrogens is 520 g/mol. The van der Waals surface area contributed by atoms with Gasteiger partial charge in [0, 0.05) is 19.4 Å². The van der Waals surface area contributed by atoms with E-state index in [4.69, 9.17) is 9.47 Å². The van der Waals surface area contributed by atoms with Crippen molar-refractivity contribution in [2.75, 3.05) is 19.8 Å². The lowest BCUT2D eigenvalue weighted by Crippen LogP contribution is -2.29. The third kappa shape index (κ3) is 24.0. The van der Waals surface area contributed by atoms with Crippen LogP contribution in [0.1, 0.15) is 142 Å². The molecule has 0 fully saturated rings. The van der Waals surface area contributed by atoms with Gasteiger partial charge < -0.3 is 14.8 Å². The van der Waals surface area contributed by atoms with Crippen LogP contribution in [-0.4, -0.2) is 31.8 Å². The van der Waals surface area contributed by atoms with Gasteiger partial charge >= 0.3 is 12.1 Å². The summed E-state index contributed by atoms with van der Waals surface area (Å²) >= 11 is 1.70. The molecule has 1 aromatic heterocycles. The van der Waals surface area contributed by atoms with Crippen LogP contribution in [0.5, 0.6) is 0 Å². The van der Waals surface area contributed by atoms with Crippen molar-refractivity contribution < 1.29 is 23.6 Å². The van der Waals surface area contributed by atoms with Gasteiger partial charge in [-0.05, 0) is 24.8 Å². The summed E-state index contributed by atoms with van der Waals surface area (Å²) in [7, 11) is 0. The Kier molecular flexibility index (Phi) is 24.7. The highest BCUT2D eigenvalue weighted by Crippen LogP contribution is 2.13. The van der Waals surface area contributed by atoms with Gasteiger partial charge in [-0.1, -0.05) is 128 Å². The number of esters is 1. The number of hydrogen-bond acceptors (Lipinski definition) is 5. The van der Waals surface area contributed by atoms with Crippen molar-refractivity contribution in [2.24, 2.45) is 0 Å². The summed E-state index contributed by atoms with van der Waals surface area (Å²) in [6.07, 6.45) is 27.5. The molecular formula is C33H59N2O4S+. The SMILES string of the molecule is C=C(COC(=O)CCCCCC[n+]1ccsc1)COC(=O)NCCCCCCCCCCCCCCCCCC. The van der Waals surface area contributed by atoms with E-state index in [1.807, 2.05) is 0 Å². The van der Waals surface area contributed by atoms with Crippen LogP contribution in [0.2, 0.25) is 0 Å². The van der Waals surface area contributed by atoms with Crippen LogP contribution in [0.3, 0.4) is 0 Å². The fourth-order valence-corrected chi connectivity index (χ4v) is 5.31. The molecule has 0 spiro atoms. The van der Waals surface area contributed by atoms with Gasteiger partial charge in [-0.15, -0.1) is 0 Å². The number of ether oxygens (including phenoxy) is 2. The highest BCUT2D eigenvalue weighted by Gasteiger charge is 2.07. The van der Waals surface area contributed by atoms with E-state index < -0.39 is 6.09 Å². The predicted molar refractivity (Wildman–Crippen MR) is 167 cm³/mol. The van der Waals surface area contributed by atoms with Crippen molar-refractivity contribution in [3.05, 3.63) is 29.2 Å². The second-order valence-corrected chi connectivity index (χ2v) is 11.9. The first kappa shape index (κ1) is 36.1. The van der Waals surface area contributed by atoms with E-state index in [1.54, 1.807) is 11.3 Å². The zero-order chi connectivity index (χ0) is 28.9. The number of aryl methyl sites for hydroxylation is 1. The molecule has 0 aromatic carbocycles. The van der Waals surface area contributed by atoms with Crippen molar-refractivity contribution >= 4 is 23.4 Å². The Balaban J connectivity index is 1.80. The average Bonchev–Trinajstić information content (AvgIpc) is 3.48. The van der Waals surface area contributed by atoms with Crippen LogP contribution < -0.4 is 9.88 Å². The third-order valence-corrected chi connectivity index (χ3v) is 7.89. The van der Waals surface area contributed by atoms with Crippen molar-refractivity contribution in [1.29, 1.82) is 0 Å². The summed E-state index contributed by atoms with van der Waals surface area (Å²) in [6, 6.07) is 0. The van der Waals surface area contributed by atoms with Gasteiger partial charge in [-0.3, -0.25) is 4.79 Å². The van der Waals surface area contributed by atoms with Crippen LogP contribution in [-0.2, 0) is 20.8 Å². The number of hydrogen-bond donors (Lipinski definition) is 1. The number of nitrogens with one attached hydrogen (secondary N) is 1. The highest BCUT2D eigenvalue weighted by molar-refractivity contribution is 7.07. The largest absolute Gasteiger partial charge is 0.461 e. The molecule has 0 atom stereocenters. The standard InChI is InChI=1S/C33H58N2O4S/c1-3-4-5-6-7-8-9-10-11-12-13-14-15-16-18-21-24-34-33(37)39-29-31(2)28-38-32(36)23-20-17-19-22-25-35-26-27-40-30-35/h26-27,30H,2-25,28-29H2,1H3/p+1. The number of aromatic nitrogens is 1. The summed E-state index contributed by atoms with van der Waals surface area (Å²) in [6.45, 7) is 7.94. The highest BCUT2D eigenvalue weighted by atomic mass is 32.1. The molecule has 1 heterocycles. The molecule has 7 heteroatoms. The number of unbranched alkanes of at least 4 members (excludes halogenated alkanes) is 18. The zero-order valence-corrected chi connectivity index (χ0v) is 26.4. The molecule has 0 saturated carbocycles. The maximum atomic E-state index is 11.9. The minimum absolute atomic E-state index is 0.0678. The minimum atomic E-state index is -0.436. The Morgan fingerprint density at radius 3 is 1.82 bits per heavy atom. The van der Waals surface area contributed by atoms with Crippen molar-refractivity contribution in [1.82, 2.24) is 5.32 Å². The van der Waals surface area contributed by atoms with E-state index in [9.17, 15) is 9.59 Å². The van der Waals surface area contributed by atoms with Gasteiger partial charge in [0.25, 0.3) is 0 Å². The van der Waals surface area contributed by atoms with E-state index in [0.29, 0.717) is 18.5 Å². The van der Waals surface area contributed by atoms with E-state index in [2.05, 4.69) is 40.5 Å². The van der Waals surface area contributed by atoms with Gasteiger partial charge in [-0.2, -0.15) is 4.57 Å². The number of alkyl carbamates (subject to hydrolysis) is 1. The molecule has 0 radical (unpaired) electrons. The number of carbonyl (C=O) groups excluding carboxylic acids is 2. The minimum Gasteiger partial charge on any atom is -0.461 e. The second kappa shape index (κ2) is 27.3. The Morgan fingerprint density at radius 1 is 0.725 bits per heavy atom. The molecule has 6 nitrogen and oxygen atoms in total. The molecule has 0 saturated heterocycles. The Labute approximate surface area is 249 Å². The fraction of sp³-hybridized carbons (Fsp3) is 0.788. The zero-order valence-electron chi connectivity index (χ0n) is 25.6. The van der Waals surface area contributed by atoms with Crippen LogP contribution >= 0.6 is 11.3 Å². The molecule has 0 aliphatic carbocycles. The van der Waals surface area contributed by atoms with Crippen LogP contribution in [0.25, 0.3) is 0 Å². The van der Waals surface area contributed by atoms with Gasteiger partial charge in [0.1, 0.15) is 19.8 Å². The maximum Gasteiger partial charge on any atom is 0.407 e. The second-order valence-electron chi connectivity index (χ2n) is 11.1. The number of thiazole rings is 1. The molecule has 230 valence electrons. The molecule has 1 rings (SSSR count). The van der Waals surface area contributed by atoms with E-state index in [1.165, 1.54) is 89.9 Å². The lowest BCUT2D eigenvalue weighted by molar-refractivity contribution is -0.692. The molecule has 0 bridgehead atoms. The average molecular weight is 580 g/mol. The summed E-state index contributed by atoms with van der Waals surface area (Å²) in [5, 5.41) is 4.87. The van der Waals surface area contributed by atoms with E-state index >= 15 is 0 Å². The molecule has 1 amide bonds. The van der Waals surface area contributed by atoms with E-state index in [0.717, 1.165) is 45.1 Å². The molecule has 40 heavy (non-hydrogen) atoms. The number of nitrogens with zero attached hydrogens (tertiary/aromatic N) is 1. The van der Waals surface area contributed by atoms with Crippen molar-refractivity contribution in [3.8, 4) is 0 Å². The van der Waals surface area contributed by atoms with Gasteiger partial charge in [0.05, 0.1) is 5.38 Å². The Bertz CT molecular complexity index is 739. The molecule has 1 N–H and O–H groups in total. The van der Waals surface area contributed by atoms with Crippen LogP contribution in [0.4, 0.5) is 4.79 Å². The fourth-order valence-electron chi connectivity index (χ4n) is 4.68. The number of carbonyl (C=O) groups is 2. The lowest BCUT2D eigenvalue weighted by Gasteiger charge is -2.10. The third-order valence-electron chi connectivity index (χ3n) is 7.22. The first-order chi connectivity index (χ1) is 19.6. The lowest BCUT2D eigenvalue weighted by atomic mass is 10.0. The Morgan fingerprint density at radius 2 is 1.25 bits per heavy atom. The normalized spacial score (nSPS) is 10.9. The Hall–Kier alpha value is -1.89. The van der Waals surface area contributed by atoms with Crippen molar-refractivity contribution in [2.45, 2.75) is 148 Å². The number of rotatable bonds is 28. The molecule has 0 aliphatic heterocycles. The summed E-state index contributed by atoms with van der Waals surface area (Å²) in [5.74, 6) is -0.221. The van der Waals surface area contributed by atoms with Crippen LogP contribution in [0, 0.1) is 0 Å². The van der Waals surface area contributed by atoms with Gasteiger partial charge in [-0.25, -0.2) is 4.79 Å². The molecule has 0 aliphatic rings. The summed E-state index contributed by atoms with van der Waals surface area (Å²) in [5.41, 5.74) is 2.69. The summed E-state index contributed by atoms with van der Waals surface area (Å²) in [4.78, 5) is 23.8. The van der Waals surface area contributed by atoms with E-state index in [-0.39, 0.29) is 19.2 Å². The topological polar surface area (TPSA) is 68.5 Å². The smallest absolute Gasteiger partial charge is 0.407 e. The van der Waals surface area contributed by atoms with Crippen molar-refractivity contribution in [3.63, 3.8) is 0 Å². The first-order valence-electron chi connectivity index (χ1n) is 16.3. The first-order valence-corrected chi connectivity index (χ1v) is 17.2. The quantitative estimate of drug-likeness (QED) is 0.0465. The van der Waals surface area contributed by atoms with Gasteiger partial charge in [0.15, 0.2) is 6.20 Å².